The molecule has 18 heavy (non-hydrogen) atoms. The first-order valence-electron chi connectivity index (χ1n) is 5.81. The van der Waals surface area contributed by atoms with E-state index >= 15 is 0 Å². The van der Waals surface area contributed by atoms with E-state index in [2.05, 4.69) is 10.3 Å². The third kappa shape index (κ3) is 4.46. The van der Waals surface area contributed by atoms with E-state index < -0.39 is 0 Å². The van der Waals surface area contributed by atoms with Crippen LogP contribution in [0.15, 0.2) is 16.8 Å². The number of aliphatic hydroxyl groups is 1. The van der Waals surface area contributed by atoms with Crippen LogP contribution < -0.4 is 5.32 Å². The van der Waals surface area contributed by atoms with Crippen molar-refractivity contribution in [1.82, 2.24) is 5.32 Å². The Morgan fingerprint density at radius 3 is 3.00 bits per heavy atom. The minimum absolute atomic E-state index is 0.00537. The summed E-state index contributed by atoms with van der Waals surface area (Å²) in [7, 11) is 0. The number of hydrogen-bond donors (Lipinski definition) is 2. The van der Waals surface area contributed by atoms with Gasteiger partial charge in [0.15, 0.2) is 6.73 Å². The van der Waals surface area contributed by atoms with E-state index in [1.54, 1.807) is 6.08 Å². The van der Waals surface area contributed by atoms with E-state index in [1.807, 2.05) is 13.8 Å². The smallest absolute Gasteiger partial charge is 0.222 e. The van der Waals surface area contributed by atoms with E-state index in [0.29, 0.717) is 24.8 Å². The van der Waals surface area contributed by atoms with Gasteiger partial charge in [-0.3, -0.25) is 4.79 Å². The van der Waals surface area contributed by atoms with Gasteiger partial charge in [0.1, 0.15) is 11.6 Å². The largest absolute Gasteiger partial charge is 0.475 e. The Hall–Kier alpha value is -1.40. The molecule has 1 aliphatic rings. The SMILES string of the molecule is CC(=O)NC1=NCOC(C(C)(C)COCCO)=C1. The molecule has 1 amide bonds. The summed E-state index contributed by atoms with van der Waals surface area (Å²) in [4.78, 5) is 15.0. The van der Waals surface area contributed by atoms with Gasteiger partial charge in [0, 0.05) is 18.4 Å². The summed E-state index contributed by atoms with van der Waals surface area (Å²) in [5.74, 6) is 1.04. The lowest BCUT2D eigenvalue weighted by molar-refractivity contribution is -0.117. The average molecular weight is 256 g/mol. The minimum Gasteiger partial charge on any atom is -0.475 e. The number of amidine groups is 1. The normalized spacial score (nSPS) is 15.6. The zero-order valence-corrected chi connectivity index (χ0v) is 11.0. The summed E-state index contributed by atoms with van der Waals surface area (Å²) in [5.41, 5.74) is -0.338. The van der Waals surface area contributed by atoms with Crippen LogP contribution in [0.4, 0.5) is 0 Å². The van der Waals surface area contributed by atoms with Crippen molar-refractivity contribution < 1.29 is 19.4 Å². The van der Waals surface area contributed by atoms with E-state index in [0.717, 1.165) is 0 Å². The first-order valence-corrected chi connectivity index (χ1v) is 5.81. The number of ether oxygens (including phenoxy) is 2. The summed E-state index contributed by atoms with van der Waals surface area (Å²) in [6.07, 6.45) is 1.70. The van der Waals surface area contributed by atoms with Crippen LogP contribution in [0.3, 0.4) is 0 Å². The fourth-order valence-electron chi connectivity index (χ4n) is 1.49. The molecule has 1 aliphatic heterocycles. The Morgan fingerprint density at radius 1 is 1.67 bits per heavy atom. The highest BCUT2D eigenvalue weighted by Crippen LogP contribution is 2.28. The number of amides is 1. The maximum Gasteiger partial charge on any atom is 0.222 e. The fourth-order valence-corrected chi connectivity index (χ4v) is 1.49. The van der Waals surface area contributed by atoms with E-state index in [4.69, 9.17) is 14.6 Å². The van der Waals surface area contributed by atoms with Gasteiger partial charge in [0.2, 0.25) is 5.91 Å². The highest BCUT2D eigenvalue weighted by molar-refractivity contribution is 6.04. The second-order valence-corrected chi connectivity index (χ2v) is 4.67. The van der Waals surface area contributed by atoms with Gasteiger partial charge in [0.05, 0.1) is 19.8 Å². The molecular weight excluding hydrogens is 236 g/mol. The van der Waals surface area contributed by atoms with E-state index in [-0.39, 0.29) is 24.7 Å². The molecule has 0 unspecified atom stereocenters. The lowest BCUT2D eigenvalue weighted by atomic mass is 9.91. The summed E-state index contributed by atoms with van der Waals surface area (Å²) >= 11 is 0. The standard InChI is InChI=1S/C12H20N2O4/c1-9(16)14-11-6-10(18-8-13-11)12(2,3)7-17-5-4-15/h6,15H,4-5,7-8H2,1-3H3,(H,13,14,16). The van der Waals surface area contributed by atoms with Gasteiger partial charge >= 0.3 is 0 Å². The fraction of sp³-hybridized carbons (Fsp3) is 0.667. The second kappa shape index (κ2) is 6.51. The van der Waals surface area contributed by atoms with Gasteiger partial charge < -0.3 is 19.9 Å². The van der Waals surface area contributed by atoms with Crippen molar-refractivity contribution >= 4 is 11.7 Å². The van der Waals surface area contributed by atoms with Crippen molar-refractivity contribution in [1.29, 1.82) is 0 Å². The third-order valence-corrected chi connectivity index (χ3v) is 2.39. The minimum atomic E-state index is -0.338. The molecule has 0 saturated heterocycles. The maximum atomic E-state index is 11.0. The Labute approximate surface area is 107 Å². The van der Waals surface area contributed by atoms with Crippen LogP contribution in [0.2, 0.25) is 0 Å². The van der Waals surface area contributed by atoms with Crippen LogP contribution in [0, 0.1) is 5.41 Å². The van der Waals surface area contributed by atoms with Crippen molar-refractivity contribution in [2.75, 3.05) is 26.6 Å². The van der Waals surface area contributed by atoms with Crippen LogP contribution in [0.1, 0.15) is 20.8 Å². The van der Waals surface area contributed by atoms with Gasteiger partial charge in [0.25, 0.3) is 0 Å². The number of nitrogens with one attached hydrogen (secondary N) is 1. The number of carbonyl (C=O) groups is 1. The molecule has 1 rings (SSSR count). The van der Waals surface area contributed by atoms with Gasteiger partial charge in [-0.05, 0) is 0 Å². The molecule has 0 aromatic rings. The second-order valence-electron chi connectivity index (χ2n) is 4.67. The van der Waals surface area contributed by atoms with Crippen LogP contribution >= 0.6 is 0 Å². The average Bonchev–Trinajstić information content (AvgIpc) is 2.28. The molecule has 0 aliphatic carbocycles. The topological polar surface area (TPSA) is 80.2 Å². The number of rotatable bonds is 5. The van der Waals surface area contributed by atoms with Gasteiger partial charge in [-0.25, -0.2) is 4.99 Å². The molecule has 102 valence electrons. The van der Waals surface area contributed by atoms with Crippen LogP contribution in [0.5, 0.6) is 0 Å². The molecular formula is C12H20N2O4. The van der Waals surface area contributed by atoms with Crippen LogP contribution in [0.25, 0.3) is 0 Å². The third-order valence-electron chi connectivity index (χ3n) is 2.39. The molecule has 6 nitrogen and oxygen atoms in total. The van der Waals surface area contributed by atoms with Crippen molar-refractivity contribution in [3.05, 3.63) is 11.8 Å². The molecule has 0 fully saturated rings. The van der Waals surface area contributed by atoms with Gasteiger partial charge in [-0.1, -0.05) is 13.8 Å². The predicted molar refractivity (Wildman–Crippen MR) is 67.0 cm³/mol. The molecule has 2 N–H and O–H groups in total. The highest BCUT2D eigenvalue weighted by Gasteiger charge is 2.27. The molecule has 0 aromatic heterocycles. The molecule has 0 radical (unpaired) electrons. The van der Waals surface area contributed by atoms with E-state index in [9.17, 15) is 4.79 Å². The molecule has 1 heterocycles. The van der Waals surface area contributed by atoms with Crippen LogP contribution in [-0.4, -0.2) is 43.4 Å². The summed E-state index contributed by atoms with van der Waals surface area (Å²) in [5, 5.41) is 11.3. The Balaban J connectivity index is 2.66. The van der Waals surface area contributed by atoms with E-state index in [1.165, 1.54) is 6.92 Å². The quantitative estimate of drug-likeness (QED) is 0.699. The Morgan fingerprint density at radius 2 is 2.39 bits per heavy atom. The molecule has 6 heteroatoms. The van der Waals surface area contributed by atoms with Crippen LogP contribution in [-0.2, 0) is 14.3 Å². The van der Waals surface area contributed by atoms with Crippen molar-refractivity contribution in [2.45, 2.75) is 20.8 Å². The number of aliphatic imine (C=N–C) groups is 1. The summed E-state index contributed by atoms with van der Waals surface area (Å²) in [6.45, 7) is 6.26. The summed E-state index contributed by atoms with van der Waals surface area (Å²) in [6, 6.07) is 0. The van der Waals surface area contributed by atoms with Crippen molar-refractivity contribution in [3.63, 3.8) is 0 Å². The predicted octanol–water partition coefficient (Wildman–Crippen LogP) is 0.428. The first-order chi connectivity index (χ1) is 8.45. The molecule has 0 spiro atoms. The number of aliphatic hydroxyl groups excluding tert-OH is 1. The molecule has 0 atom stereocenters. The maximum absolute atomic E-state index is 11.0. The lowest BCUT2D eigenvalue weighted by Crippen LogP contribution is -2.33. The first kappa shape index (κ1) is 14.7. The molecule has 0 saturated carbocycles. The van der Waals surface area contributed by atoms with Gasteiger partial charge in [-0.2, -0.15) is 0 Å². The number of nitrogens with zero attached hydrogens (tertiary/aromatic N) is 1. The number of hydrogen-bond acceptors (Lipinski definition) is 5. The Bertz CT molecular complexity index is 361. The van der Waals surface area contributed by atoms with Crippen molar-refractivity contribution in [3.8, 4) is 0 Å². The Kier molecular flexibility index (Phi) is 5.30. The number of carbonyl (C=O) groups excluding carboxylic acids is 1. The molecule has 0 aromatic carbocycles. The van der Waals surface area contributed by atoms with Crippen molar-refractivity contribution in [2.24, 2.45) is 10.4 Å². The zero-order chi connectivity index (χ0) is 13.6. The lowest BCUT2D eigenvalue weighted by Gasteiger charge is -2.29. The highest BCUT2D eigenvalue weighted by atomic mass is 16.5. The van der Waals surface area contributed by atoms with Gasteiger partial charge in [-0.15, -0.1) is 0 Å². The zero-order valence-electron chi connectivity index (χ0n) is 11.0. The monoisotopic (exact) mass is 256 g/mol. The summed E-state index contributed by atoms with van der Waals surface area (Å²) < 4.78 is 10.8. The molecule has 0 bridgehead atoms.